The molecule has 0 radical (unpaired) electrons. The van der Waals surface area contributed by atoms with Crippen LogP contribution in [-0.2, 0) is 0 Å². The lowest BCUT2D eigenvalue weighted by Crippen LogP contribution is -2.30. The third-order valence-corrected chi connectivity index (χ3v) is 5.54. The Morgan fingerprint density at radius 3 is 2.69 bits per heavy atom. The van der Waals surface area contributed by atoms with Gasteiger partial charge >= 0.3 is 0 Å². The molecule has 6 nitrogen and oxygen atoms in total. The van der Waals surface area contributed by atoms with E-state index >= 15 is 0 Å². The predicted molar refractivity (Wildman–Crippen MR) is 103 cm³/mol. The Balaban J connectivity index is 1.63. The number of anilines is 2. The number of halogens is 1. The van der Waals surface area contributed by atoms with Crippen LogP contribution >= 0.6 is 11.6 Å². The first-order valence-corrected chi connectivity index (χ1v) is 9.34. The summed E-state index contributed by atoms with van der Waals surface area (Å²) in [6, 6.07) is 7.49. The molecule has 2 aromatic rings. The number of benzene rings is 1. The smallest absolute Gasteiger partial charge is 0.254 e. The van der Waals surface area contributed by atoms with E-state index < -0.39 is 5.91 Å². The van der Waals surface area contributed by atoms with Crippen molar-refractivity contribution in [3.05, 3.63) is 41.0 Å². The molecule has 26 heavy (non-hydrogen) atoms. The van der Waals surface area contributed by atoms with Crippen molar-refractivity contribution in [2.75, 3.05) is 11.9 Å². The number of nitrogens with one attached hydrogen (secondary N) is 1. The average Bonchev–Trinajstić information content (AvgIpc) is 3.37. The largest absolute Gasteiger partial charge is 0.365 e. The zero-order chi connectivity index (χ0) is 18.3. The van der Waals surface area contributed by atoms with Gasteiger partial charge in [0.15, 0.2) is 5.82 Å². The minimum Gasteiger partial charge on any atom is -0.365 e. The molecule has 1 fully saturated rings. The highest BCUT2D eigenvalue weighted by molar-refractivity contribution is 6.30. The summed E-state index contributed by atoms with van der Waals surface area (Å²) in [6.45, 7) is 3.16. The number of carbonyl (C=O) groups is 1. The van der Waals surface area contributed by atoms with Crippen LogP contribution in [0.1, 0.15) is 42.6 Å². The number of hydrogen-bond donors (Lipinski definition) is 2. The molecule has 2 aliphatic rings. The Bertz CT molecular complexity index is 857. The van der Waals surface area contributed by atoms with Crippen molar-refractivity contribution in [2.24, 2.45) is 22.6 Å². The maximum atomic E-state index is 11.9. The van der Waals surface area contributed by atoms with E-state index in [0.29, 0.717) is 28.2 Å². The Labute approximate surface area is 157 Å². The quantitative estimate of drug-likeness (QED) is 0.837. The molecule has 1 saturated carbocycles. The Morgan fingerprint density at radius 1 is 1.31 bits per heavy atom. The number of nitrogens with two attached hydrogens (primary N) is 1. The van der Waals surface area contributed by atoms with Gasteiger partial charge in [0.05, 0.1) is 12.6 Å². The van der Waals surface area contributed by atoms with Crippen LogP contribution in [0.2, 0.25) is 5.02 Å². The summed E-state index contributed by atoms with van der Waals surface area (Å²) in [5.74, 6) is 1.09. The fourth-order valence-corrected chi connectivity index (χ4v) is 3.95. The lowest BCUT2D eigenvalue weighted by atomic mass is 9.77. The first-order valence-electron chi connectivity index (χ1n) is 8.96. The number of hydrogen-bond acceptors (Lipinski definition) is 4. The van der Waals surface area contributed by atoms with Crippen molar-refractivity contribution in [1.82, 2.24) is 9.78 Å². The van der Waals surface area contributed by atoms with Gasteiger partial charge in [-0.05, 0) is 49.4 Å². The number of aliphatic imine (C=N–C) groups is 1. The van der Waals surface area contributed by atoms with Crippen LogP contribution in [0.3, 0.4) is 0 Å². The van der Waals surface area contributed by atoms with Crippen molar-refractivity contribution in [3.8, 4) is 0 Å². The van der Waals surface area contributed by atoms with Crippen molar-refractivity contribution in [3.63, 3.8) is 0 Å². The highest BCUT2D eigenvalue weighted by atomic mass is 35.5. The van der Waals surface area contributed by atoms with Gasteiger partial charge in [-0.2, -0.15) is 5.10 Å². The molecule has 0 spiro atoms. The number of nitrogens with zero attached hydrogens (tertiary/aromatic N) is 3. The predicted octanol–water partition coefficient (Wildman–Crippen LogP) is 3.81. The van der Waals surface area contributed by atoms with E-state index in [9.17, 15) is 4.79 Å². The zero-order valence-corrected chi connectivity index (χ0v) is 15.4. The van der Waals surface area contributed by atoms with Crippen LogP contribution in [0, 0.1) is 11.8 Å². The number of rotatable bonds is 5. The molecule has 4 rings (SSSR count). The van der Waals surface area contributed by atoms with Gasteiger partial charge in [0.2, 0.25) is 0 Å². The van der Waals surface area contributed by atoms with Crippen LogP contribution in [0.15, 0.2) is 35.5 Å². The fourth-order valence-electron chi connectivity index (χ4n) is 3.82. The number of amides is 1. The first kappa shape index (κ1) is 17.1. The van der Waals surface area contributed by atoms with Crippen molar-refractivity contribution in [2.45, 2.75) is 32.2 Å². The molecule has 0 bridgehead atoms. The van der Waals surface area contributed by atoms with E-state index in [4.69, 9.17) is 17.3 Å². The Hall–Kier alpha value is -2.34. The monoisotopic (exact) mass is 371 g/mol. The summed E-state index contributed by atoms with van der Waals surface area (Å²) in [5, 5.41) is 8.52. The van der Waals surface area contributed by atoms with E-state index in [-0.39, 0.29) is 6.04 Å². The number of primary amides is 1. The lowest BCUT2D eigenvalue weighted by Gasteiger charge is -2.33. The van der Waals surface area contributed by atoms with Gasteiger partial charge in [0.25, 0.3) is 5.91 Å². The fraction of sp³-hybridized carbons (Fsp3) is 0.421. The summed E-state index contributed by atoms with van der Waals surface area (Å²) in [7, 11) is 0. The summed E-state index contributed by atoms with van der Waals surface area (Å²) in [6.07, 6.45) is 5.08. The van der Waals surface area contributed by atoms with E-state index in [1.54, 1.807) is 18.3 Å². The number of carbonyl (C=O) groups excluding carboxylic acids is 1. The third-order valence-electron chi connectivity index (χ3n) is 5.29. The lowest BCUT2D eigenvalue weighted by molar-refractivity contribution is 0.100. The van der Waals surface area contributed by atoms with Crippen molar-refractivity contribution >= 4 is 34.7 Å². The molecule has 1 aromatic heterocycles. The molecule has 1 aromatic carbocycles. The summed E-state index contributed by atoms with van der Waals surface area (Å²) in [5.41, 5.74) is 8.08. The molecule has 1 amide bonds. The molecule has 7 heteroatoms. The Morgan fingerprint density at radius 2 is 2.04 bits per heavy atom. The van der Waals surface area contributed by atoms with Gasteiger partial charge in [-0.1, -0.05) is 18.5 Å². The van der Waals surface area contributed by atoms with Crippen molar-refractivity contribution < 1.29 is 4.79 Å². The van der Waals surface area contributed by atoms with Gasteiger partial charge in [-0.15, -0.1) is 0 Å². The second-order valence-corrected chi connectivity index (χ2v) is 7.70. The molecule has 1 aliphatic carbocycles. The van der Waals surface area contributed by atoms with E-state index in [2.05, 4.69) is 22.3 Å². The van der Waals surface area contributed by atoms with Gasteiger partial charge in [0.1, 0.15) is 5.56 Å². The minimum atomic E-state index is -0.489. The molecule has 1 aliphatic heterocycles. The number of aromatic nitrogens is 2. The Kier molecular flexibility index (Phi) is 4.44. The summed E-state index contributed by atoms with van der Waals surface area (Å²) in [4.78, 5) is 16.4. The van der Waals surface area contributed by atoms with E-state index in [1.165, 1.54) is 5.71 Å². The molecule has 0 unspecified atom stereocenters. The standard InChI is InChI=1S/C19H22ClN5O/c1-11-2-7-17(14(8-11)16-9-22-16)25-10-15(18(21)26)19(24-25)23-13-5-3-12(20)4-6-13/h3-6,10-11,14,17H,2,7-9H2,1H3,(H2,21,26)(H,23,24)/t11-,14-,17+/m1/s1. The van der Waals surface area contributed by atoms with E-state index in [0.717, 1.165) is 31.5 Å². The van der Waals surface area contributed by atoms with Crippen molar-refractivity contribution in [1.29, 1.82) is 0 Å². The maximum Gasteiger partial charge on any atom is 0.254 e. The van der Waals surface area contributed by atoms with Crippen LogP contribution in [-0.4, -0.2) is 27.9 Å². The highest BCUT2D eigenvalue weighted by Gasteiger charge is 2.37. The van der Waals surface area contributed by atoms with Crippen LogP contribution in [0.5, 0.6) is 0 Å². The molecule has 3 N–H and O–H groups in total. The average molecular weight is 372 g/mol. The zero-order valence-electron chi connectivity index (χ0n) is 14.7. The van der Waals surface area contributed by atoms with Gasteiger partial charge < -0.3 is 11.1 Å². The molecule has 2 heterocycles. The summed E-state index contributed by atoms with van der Waals surface area (Å²) < 4.78 is 1.91. The normalized spacial score (nSPS) is 24.8. The first-order chi connectivity index (χ1) is 12.5. The SMILES string of the molecule is C[C@@H]1CC[C@H](n2cc(C(N)=O)c(Nc3ccc(Cl)cc3)n2)[C@@H](C2=NC2)C1. The maximum absolute atomic E-state index is 11.9. The third kappa shape index (κ3) is 3.46. The topological polar surface area (TPSA) is 85.3 Å². The van der Waals surface area contributed by atoms with Gasteiger partial charge in [0, 0.05) is 28.5 Å². The molecule has 3 atom stereocenters. The molecular formula is C19H22ClN5O. The molecule has 136 valence electrons. The van der Waals surface area contributed by atoms with Crippen LogP contribution in [0.25, 0.3) is 0 Å². The van der Waals surface area contributed by atoms with Crippen LogP contribution < -0.4 is 11.1 Å². The minimum absolute atomic E-state index is 0.228. The van der Waals surface area contributed by atoms with Gasteiger partial charge in [-0.3, -0.25) is 14.5 Å². The van der Waals surface area contributed by atoms with Crippen LogP contribution in [0.4, 0.5) is 11.5 Å². The second kappa shape index (κ2) is 6.76. The molecule has 0 saturated heterocycles. The second-order valence-electron chi connectivity index (χ2n) is 7.27. The van der Waals surface area contributed by atoms with Gasteiger partial charge in [-0.25, -0.2) is 0 Å². The molecular weight excluding hydrogens is 350 g/mol. The summed E-state index contributed by atoms with van der Waals surface area (Å²) >= 11 is 5.93. The van der Waals surface area contributed by atoms with E-state index in [1.807, 2.05) is 16.8 Å². The highest BCUT2D eigenvalue weighted by Crippen LogP contribution is 2.40.